The van der Waals surface area contributed by atoms with Gasteiger partial charge < -0.3 is 5.32 Å². The third kappa shape index (κ3) is 5.55. The molecule has 10 heteroatoms. The van der Waals surface area contributed by atoms with E-state index in [1.807, 2.05) is 0 Å². The van der Waals surface area contributed by atoms with Crippen molar-refractivity contribution in [1.29, 1.82) is 0 Å². The average Bonchev–Trinajstić information content (AvgIpc) is 2.53. The fourth-order valence-corrected chi connectivity index (χ4v) is 3.08. The van der Waals surface area contributed by atoms with Crippen LogP contribution in [0.1, 0.15) is 5.56 Å². The molecule has 0 aromatic heterocycles. The molecule has 5 nitrogen and oxygen atoms in total. The normalized spacial score (nSPS) is 12.0. The molecule has 0 saturated heterocycles. The predicted octanol–water partition coefficient (Wildman–Crippen LogP) is 3.38. The van der Waals surface area contributed by atoms with Gasteiger partial charge in [0.1, 0.15) is 0 Å². The molecule has 2 rings (SSSR count). The summed E-state index contributed by atoms with van der Waals surface area (Å²) in [6.07, 6.45) is -4.54. The summed E-state index contributed by atoms with van der Waals surface area (Å²) in [4.78, 5) is 11.7. The van der Waals surface area contributed by atoms with Gasteiger partial charge in [-0.2, -0.15) is 13.2 Å². The third-order valence-corrected chi connectivity index (χ3v) is 4.97. The van der Waals surface area contributed by atoms with Gasteiger partial charge in [-0.25, -0.2) is 13.1 Å². The lowest BCUT2D eigenvalue weighted by molar-refractivity contribution is -0.137. The lowest BCUT2D eigenvalue weighted by Crippen LogP contribution is -2.32. The molecule has 2 aromatic rings. The first-order chi connectivity index (χ1) is 11.6. The molecule has 0 radical (unpaired) electrons. The van der Waals surface area contributed by atoms with E-state index in [4.69, 9.17) is 0 Å². The van der Waals surface area contributed by atoms with Crippen LogP contribution in [-0.4, -0.2) is 20.9 Å². The molecule has 1 amide bonds. The second kappa shape index (κ2) is 7.54. The Balaban J connectivity index is 2.00. The van der Waals surface area contributed by atoms with Gasteiger partial charge in [-0.15, -0.1) is 0 Å². The summed E-state index contributed by atoms with van der Waals surface area (Å²) in [6, 6.07) is 9.79. The maximum atomic E-state index is 12.6. The van der Waals surface area contributed by atoms with Crippen molar-refractivity contribution in [3.05, 3.63) is 58.6 Å². The van der Waals surface area contributed by atoms with Crippen molar-refractivity contribution in [2.75, 3.05) is 11.9 Å². The molecule has 0 fully saturated rings. The SMILES string of the molecule is O=C(CNS(=O)(=O)c1ccc(Br)cc1)Nc1cccc(C(F)(F)F)c1. The Morgan fingerprint density at radius 2 is 1.72 bits per heavy atom. The Morgan fingerprint density at radius 3 is 2.32 bits per heavy atom. The highest BCUT2D eigenvalue weighted by Crippen LogP contribution is 2.30. The molecular formula is C15H12BrF3N2O3S. The first-order valence-corrected chi connectivity index (χ1v) is 9.08. The maximum Gasteiger partial charge on any atom is 0.416 e. The monoisotopic (exact) mass is 436 g/mol. The minimum absolute atomic E-state index is 0.0393. The van der Waals surface area contributed by atoms with Gasteiger partial charge in [-0.3, -0.25) is 4.79 Å². The zero-order chi connectivity index (χ0) is 18.7. The summed E-state index contributed by atoms with van der Waals surface area (Å²) in [5.74, 6) is -0.792. The summed E-state index contributed by atoms with van der Waals surface area (Å²) in [5, 5.41) is 2.21. The fraction of sp³-hybridized carbons (Fsp3) is 0.133. The summed E-state index contributed by atoms with van der Waals surface area (Å²) < 4.78 is 64.7. The number of carbonyl (C=O) groups is 1. The molecular weight excluding hydrogens is 425 g/mol. The van der Waals surface area contributed by atoms with Crippen molar-refractivity contribution in [2.45, 2.75) is 11.1 Å². The van der Waals surface area contributed by atoms with E-state index >= 15 is 0 Å². The van der Waals surface area contributed by atoms with Crippen molar-refractivity contribution in [3.8, 4) is 0 Å². The number of amides is 1. The zero-order valence-electron chi connectivity index (χ0n) is 12.5. The van der Waals surface area contributed by atoms with Crippen LogP contribution in [0, 0.1) is 0 Å². The van der Waals surface area contributed by atoms with Gasteiger partial charge in [0.15, 0.2) is 0 Å². The summed E-state index contributed by atoms with van der Waals surface area (Å²) in [5.41, 5.74) is -0.997. The smallest absolute Gasteiger partial charge is 0.325 e. The predicted molar refractivity (Wildman–Crippen MR) is 89.4 cm³/mol. The molecule has 134 valence electrons. The molecule has 0 heterocycles. The maximum absolute atomic E-state index is 12.6. The Bertz CT molecular complexity index is 868. The topological polar surface area (TPSA) is 75.3 Å². The van der Waals surface area contributed by atoms with Crippen LogP contribution >= 0.6 is 15.9 Å². The van der Waals surface area contributed by atoms with Gasteiger partial charge in [-0.05, 0) is 42.5 Å². The van der Waals surface area contributed by atoms with Crippen LogP contribution < -0.4 is 10.0 Å². The number of anilines is 1. The molecule has 0 aliphatic rings. The molecule has 0 atom stereocenters. The zero-order valence-corrected chi connectivity index (χ0v) is 14.9. The molecule has 0 unspecified atom stereocenters. The molecule has 25 heavy (non-hydrogen) atoms. The Hall–Kier alpha value is -1.91. The molecule has 0 aliphatic carbocycles. The Kier molecular flexibility index (Phi) is 5.86. The first-order valence-electron chi connectivity index (χ1n) is 6.80. The minimum atomic E-state index is -4.54. The van der Waals surface area contributed by atoms with Crippen LogP contribution in [0.3, 0.4) is 0 Å². The number of hydrogen-bond acceptors (Lipinski definition) is 3. The van der Waals surface area contributed by atoms with Crippen molar-refractivity contribution < 1.29 is 26.4 Å². The van der Waals surface area contributed by atoms with E-state index in [-0.39, 0.29) is 10.6 Å². The second-order valence-electron chi connectivity index (χ2n) is 4.91. The van der Waals surface area contributed by atoms with Crippen molar-refractivity contribution in [2.24, 2.45) is 0 Å². The van der Waals surface area contributed by atoms with Crippen LogP contribution in [-0.2, 0) is 21.0 Å². The lowest BCUT2D eigenvalue weighted by Gasteiger charge is -2.10. The summed E-state index contributed by atoms with van der Waals surface area (Å²) in [6.45, 7) is -0.616. The summed E-state index contributed by atoms with van der Waals surface area (Å²) in [7, 11) is -3.91. The molecule has 0 saturated carbocycles. The van der Waals surface area contributed by atoms with E-state index in [0.29, 0.717) is 4.47 Å². The van der Waals surface area contributed by atoms with Crippen molar-refractivity contribution in [3.63, 3.8) is 0 Å². The number of benzene rings is 2. The number of alkyl halides is 3. The molecule has 2 N–H and O–H groups in total. The van der Waals surface area contributed by atoms with Crippen molar-refractivity contribution >= 4 is 37.5 Å². The van der Waals surface area contributed by atoms with E-state index in [2.05, 4.69) is 26.0 Å². The Labute approximate surface area is 150 Å². The lowest BCUT2D eigenvalue weighted by atomic mass is 10.2. The van der Waals surface area contributed by atoms with Crippen LogP contribution in [0.15, 0.2) is 57.9 Å². The Morgan fingerprint density at radius 1 is 1.08 bits per heavy atom. The van der Waals surface area contributed by atoms with Gasteiger partial charge in [0, 0.05) is 10.2 Å². The number of rotatable bonds is 5. The number of hydrogen-bond donors (Lipinski definition) is 2. The number of sulfonamides is 1. The van der Waals surface area contributed by atoms with Crippen LogP contribution in [0.25, 0.3) is 0 Å². The fourth-order valence-electron chi connectivity index (χ4n) is 1.84. The summed E-state index contributed by atoms with van der Waals surface area (Å²) >= 11 is 3.17. The third-order valence-electron chi connectivity index (χ3n) is 3.02. The molecule has 0 aliphatic heterocycles. The van der Waals surface area contributed by atoms with Gasteiger partial charge in [0.25, 0.3) is 0 Å². The quantitative estimate of drug-likeness (QED) is 0.754. The largest absolute Gasteiger partial charge is 0.416 e. The van der Waals surface area contributed by atoms with Gasteiger partial charge in [0.2, 0.25) is 15.9 Å². The average molecular weight is 437 g/mol. The van der Waals surface area contributed by atoms with Gasteiger partial charge in [0.05, 0.1) is 17.0 Å². The number of halogens is 4. The first kappa shape index (κ1) is 19.4. The van der Waals surface area contributed by atoms with Crippen molar-refractivity contribution in [1.82, 2.24) is 4.72 Å². The highest BCUT2D eigenvalue weighted by atomic mass is 79.9. The van der Waals surface area contributed by atoms with Crippen LogP contribution in [0.2, 0.25) is 0 Å². The number of carbonyl (C=O) groups excluding carboxylic acids is 1. The minimum Gasteiger partial charge on any atom is -0.325 e. The van der Waals surface area contributed by atoms with Gasteiger partial charge in [-0.1, -0.05) is 22.0 Å². The van der Waals surface area contributed by atoms with Gasteiger partial charge >= 0.3 is 6.18 Å². The van der Waals surface area contributed by atoms with E-state index in [9.17, 15) is 26.4 Å². The molecule has 0 bridgehead atoms. The van der Waals surface area contributed by atoms with E-state index in [0.717, 1.165) is 18.2 Å². The van der Waals surface area contributed by atoms with E-state index in [1.165, 1.54) is 30.3 Å². The van der Waals surface area contributed by atoms with E-state index in [1.54, 1.807) is 0 Å². The highest BCUT2D eigenvalue weighted by molar-refractivity contribution is 9.10. The highest BCUT2D eigenvalue weighted by Gasteiger charge is 2.30. The van der Waals surface area contributed by atoms with Crippen LogP contribution in [0.4, 0.5) is 18.9 Å². The molecule has 0 spiro atoms. The van der Waals surface area contributed by atoms with E-state index < -0.39 is 34.2 Å². The van der Waals surface area contributed by atoms with Crippen LogP contribution in [0.5, 0.6) is 0 Å². The standard InChI is InChI=1S/C15H12BrF3N2O3S/c16-11-4-6-13(7-5-11)25(23,24)20-9-14(22)21-12-3-1-2-10(8-12)15(17,18)19/h1-8,20H,9H2,(H,21,22). The molecule has 2 aromatic carbocycles. The second-order valence-corrected chi connectivity index (χ2v) is 7.59. The number of nitrogens with one attached hydrogen (secondary N) is 2.